The molecule has 15 heavy (non-hydrogen) atoms. The van der Waals surface area contributed by atoms with Gasteiger partial charge in [0.15, 0.2) is 0 Å². The van der Waals surface area contributed by atoms with E-state index in [1.165, 1.54) is 25.7 Å². The van der Waals surface area contributed by atoms with E-state index >= 15 is 0 Å². The first-order valence-corrected chi connectivity index (χ1v) is 6.00. The molecule has 3 nitrogen and oxygen atoms in total. The summed E-state index contributed by atoms with van der Waals surface area (Å²) in [6, 6.07) is 0. The molecule has 0 aliphatic heterocycles. The fourth-order valence-corrected chi connectivity index (χ4v) is 2.80. The summed E-state index contributed by atoms with van der Waals surface area (Å²) in [5.74, 6) is 1.80. The largest absolute Gasteiger partial charge is 0.385 e. The maximum Gasteiger partial charge on any atom is 0.135 e. The fourth-order valence-electron chi connectivity index (χ4n) is 2.80. The SMILES string of the molecule is CCC1CCCCC1C(O)c1ncc[nH]1. The lowest BCUT2D eigenvalue weighted by Crippen LogP contribution is -2.25. The average Bonchev–Trinajstić information content (AvgIpc) is 2.81. The van der Waals surface area contributed by atoms with Crippen LogP contribution in [0, 0.1) is 11.8 Å². The summed E-state index contributed by atoms with van der Waals surface area (Å²) < 4.78 is 0. The van der Waals surface area contributed by atoms with Gasteiger partial charge in [-0.1, -0.05) is 32.6 Å². The number of imidazole rings is 1. The van der Waals surface area contributed by atoms with Crippen molar-refractivity contribution in [3.63, 3.8) is 0 Å². The van der Waals surface area contributed by atoms with Crippen molar-refractivity contribution in [3.8, 4) is 0 Å². The molecule has 0 bridgehead atoms. The second-order valence-electron chi connectivity index (χ2n) is 4.54. The van der Waals surface area contributed by atoms with Gasteiger partial charge in [-0.05, 0) is 18.3 Å². The molecule has 1 aliphatic rings. The van der Waals surface area contributed by atoms with Gasteiger partial charge < -0.3 is 10.1 Å². The van der Waals surface area contributed by atoms with Crippen molar-refractivity contribution in [2.24, 2.45) is 11.8 Å². The van der Waals surface area contributed by atoms with Crippen LogP contribution in [0.25, 0.3) is 0 Å². The highest BCUT2D eigenvalue weighted by molar-refractivity contribution is 4.96. The molecule has 2 rings (SSSR count). The predicted octanol–water partition coefficient (Wildman–Crippen LogP) is 2.66. The van der Waals surface area contributed by atoms with Gasteiger partial charge in [0.25, 0.3) is 0 Å². The van der Waals surface area contributed by atoms with Gasteiger partial charge in [0.2, 0.25) is 0 Å². The molecule has 1 aromatic heterocycles. The number of hydrogen-bond acceptors (Lipinski definition) is 2. The van der Waals surface area contributed by atoms with Gasteiger partial charge >= 0.3 is 0 Å². The van der Waals surface area contributed by atoms with Gasteiger partial charge in [0.05, 0.1) is 0 Å². The third-order valence-corrected chi connectivity index (χ3v) is 3.70. The van der Waals surface area contributed by atoms with E-state index in [0.717, 1.165) is 12.2 Å². The summed E-state index contributed by atoms with van der Waals surface area (Å²) in [6.07, 6.45) is 9.23. The van der Waals surface area contributed by atoms with Crippen LogP contribution in [0.1, 0.15) is 51.0 Å². The second kappa shape index (κ2) is 4.79. The number of nitrogens with zero attached hydrogens (tertiary/aromatic N) is 1. The van der Waals surface area contributed by atoms with E-state index in [1.54, 1.807) is 12.4 Å². The van der Waals surface area contributed by atoms with Crippen molar-refractivity contribution in [2.75, 3.05) is 0 Å². The quantitative estimate of drug-likeness (QED) is 0.802. The lowest BCUT2D eigenvalue weighted by molar-refractivity contribution is 0.0395. The first-order chi connectivity index (χ1) is 7.33. The zero-order valence-corrected chi connectivity index (χ0v) is 9.32. The Kier molecular flexibility index (Phi) is 3.41. The molecule has 1 saturated carbocycles. The molecule has 1 fully saturated rings. The molecule has 2 N–H and O–H groups in total. The van der Waals surface area contributed by atoms with E-state index in [9.17, 15) is 5.11 Å². The summed E-state index contributed by atoms with van der Waals surface area (Å²) in [4.78, 5) is 7.17. The first-order valence-electron chi connectivity index (χ1n) is 6.00. The van der Waals surface area contributed by atoms with E-state index in [-0.39, 0.29) is 0 Å². The van der Waals surface area contributed by atoms with Crippen LogP contribution in [0.4, 0.5) is 0 Å². The monoisotopic (exact) mass is 208 g/mol. The molecular weight excluding hydrogens is 188 g/mol. The zero-order chi connectivity index (χ0) is 10.7. The zero-order valence-electron chi connectivity index (χ0n) is 9.32. The smallest absolute Gasteiger partial charge is 0.135 e. The van der Waals surface area contributed by atoms with Crippen LogP contribution in [-0.2, 0) is 0 Å². The molecular formula is C12H20N2O. The third-order valence-electron chi connectivity index (χ3n) is 3.70. The lowest BCUT2D eigenvalue weighted by atomic mass is 9.75. The van der Waals surface area contributed by atoms with Gasteiger partial charge in [0, 0.05) is 12.4 Å². The van der Waals surface area contributed by atoms with Gasteiger partial charge in [-0.15, -0.1) is 0 Å². The molecule has 0 amide bonds. The summed E-state index contributed by atoms with van der Waals surface area (Å²) >= 11 is 0. The number of aromatic nitrogens is 2. The van der Waals surface area contributed by atoms with Crippen molar-refractivity contribution in [3.05, 3.63) is 18.2 Å². The van der Waals surface area contributed by atoms with Crippen molar-refractivity contribution >= 4 is 0 Å². The van der Waals surface area contributed by atoms with E-state index < -0.39 is 6.10 Å². The van der Waals surface area contributed by atoms with E-state index in [2.05, 4.69) is 16.9 Å². The van der Waals surface area contributed by atoms with Crippen molar-refractivity contribution in [2.45, 2.75) is 45.1 Å². The maximum atomic E-state index is 10.2. The molecule has 1 heterocycles. The molecule has 0 saturated heterocycles. The normalized spacial score (nSPS) is 28.9. The summed E-state index contributed by atoms with van der Waals surface area (Å²) in [7, 11) is 0. The van der Waals surface area contributed by atoms with E-state index in [1.807, 2.05) is 0 Å². The molecule has 1 aromatic rings. The fraction of sp³-hybridized carbons (Fsp3) is 0.750. The number of aliphatic hydroxyl groups is 1. The van der Waals surface area contributed by atoms with Crippen LogP contribution in [0.2, 0.25) is 0 Å². The third kappa shape index (κ3) is 2.23. The van der Waals surface area contributed by atoms with Crippen LogP contribution in [0.3, 0.4) is 0 Å². The minimum Gasteiger partial charge on any atom is -0.385 e. The summed E-state index contributed by atoms with van der Waals surface area (Å²) in [5, 5.41) is 10.2. The Hall–Kier alpha value is -0.830. The molecule has 84 valence electrons. The van der Waals surface area contributed by atoms with Crippen LogP contribution in [-0.4, -0.2) is 15.1 Å². The van der Waals surface area contributed by atoms with E-state index in [4.69, 9.17) is 0 Å². The minimum absolute atomic E-state index is 0.398. The number of H-pyrrole nitrogens is 1. The van der Waals surface area contributed by atoms with Gasteiger partial charge in [-0.3, -0.25) is 0 Å². The minimum atomic E-state index is -0.398. The number of nitrogens with one attached hydrogen (secondary N) is 1. The Balaban J connectivity index is 2.07. The summed E-state index contributed by atoms with van der Waals surface area (Å²) in [6.45, 7) is 2.22. The molecule has 1 aliphatic carbocycles. The number of aromatic amines is 1. The second-order valence-corrected chi connectivity index (χ2v) is 4.54. The van der Waals surface area contributed by atoms with Crippen molar-refractivity contribution < 1.29 is 5.11 Å². The van der Waals surface area contributed by atoms with Gasteiger partial charge in [-0.2, -0.15) is 0 Å². The topological polar surface area (TPSA) is 48.9 Å². The molecule has 0 spiro atoms. The van der Waals surface area contributed by atoms with Crippen LogP contribution in [0.5, 0.6) is 0 Å². The number of hydrogen-bond donors (Lipinski definition) is 2. The van der Waals surface area contributed by atoms with Gasteiger partial charge in [-0.25, -0.2) is 4.98 Å². The Morgan fingerprint density at radius 3 is 3.00 bits per heavy atom. The molecule has 3 unspecified atom stereocenters. The highest BCUT2D eigenvalue weighted by atomic mass is 16.3. The average molecular weight is 208 g/mol. The van der Waals surface area contributed by atoms with Crippen LogP contribution in [0.15, 0.2) is 12.4 Å². The molecule has 0 radical (unpaired) electrons. The number of aliphatic hydroxyl groups excluding tert-OH is 1. The van der Waals surface area contributed by atoms with Gasteiger partial charge in [0.1, 0.15) is 11.9 Å². The predicted molar refractivity (Wildman–Crippen MR) is 59.3 cm³/mol. The van der Waals surface area contributed by atoms with Crippen molar-refractivity contribution in [1.82, 2.24) is 9.97 Å². The highest BCUT2D eigenvalue weighted by Crippen LogP contribution is 2.39. The van der Waals surface area contributed by atoms with Crippen LogP contribution >= 0.6 is 0 Å². The summed E-state index contributed by atoms with van der Waals surface area (Å²) in [5.41, 5.74) is 0. The van der Waals surface area contributed by atoms with E-state index in [0.29, 0.717) is 11.8 Å². The lowest BCUT2D eigenvalue weighted by Gasteiger charge is -2.33. The molecule has 3 heteroatoms. The van der Waals surface area contributed by atoms with Crippen molar-refractivity contribution in [1.29, 1.82) is 0 Å². The highest BCUT2D eigenvalue weighted by Gasteiger charge is 2.31. The Bertz CT molecular complexity index is 284. The first kappa shape index (κ1) is 10.7. The Labute approximate surface area is 90.9 Å². The molecule has 0 aromatic carbocycles. The Morgan fingerprint density at radius 1 is 1.53 bits per heavy atom. The molecule has 3 atom stereocenters. The maximum absolute atomic E-state index is 10.2. The van der Waals surface area contributed by atoms with Crippen LogP contribution < -0.4 is 0 Å². The Morgan fingerprint density at radius 2 is 2.33 bits per heavy atom. The number of rotatable bonds is 3. The standard InChI is InChI=1S/C12H20N2O/c1-2-9-5-3-4-6-10(9)11(15)12-13-7-8-14-12/h7-11,15H,2-6H2,1H3,(H,13,14).